The monoisotopic (exact) mass is 394 g/mol. The third-order valence-electron chi connectivity index (χ3n) is 3.87. The van der Waals surface area contributed by atoms with Crippen molar-refractivity contribution in [3.63, 3.8) is 0 Å². The number of ether oxygens (including phenoxy) is 1. The molecular formula is C20H18N4OS2. The Balaban J connectivity index is 1.46. The highest BCUT2D eigenvalue weighted by Crippen LogP contribution is 2.28. The summed E-state index contributed by atoms with van der Waals surface area (Å²) in [5.41, 5.74) is 2.35. The van der Waals surface area contributed by atoms with E-state index in [-0.39, 0.29) is 0 Å². The smallest absolute Gasteiger partial charge is 0.235 e. The average molecular weight is 395 g/mol. The summed E-state index contributed by atoms with van der Waals surface area (Å²) < 4.78 is 7.37. The van der Waals surface area contributed by atoms with Gasteiger partial charge >= 0.3 is 0 Å². The zero-order valence-corrected chi connectivity index (χ0v) is 16.2. The van der Waals surface area contributed by atoms with E-state index in [1.807, 2.05) is 46.6 Å². The Morgan fingerprint density at radius 2 is 1.85 bits per heavy atom. The third kappa shape index (κ3) is 4.20. The van der Waals surface area contributed by atoms with Gasteiger partial charge in [-0.05, 0) is 29.8 Å². The maximum absolute atomic E-state index is 5.52. The summed E-state index contributed by atoms with van der Waals surface area (Å²) in [6, 6.07) is 18.3. The van der Waals surface area contributed by atoms with Gasteiger partial charge in [-0.15, -0.1) is 22.0 Å². The van der Waals surface area contributed by atoms with Crippen molar-refractivity contribution < 1.29 is 4.74 Å². The maximum Gasteiger partial charge on any atom is 0.235 e. The number of hydrogen-bond donors (Lipinski definition) is 0. The van der Waals surface area contributed by atoms with Crippen LogP contribution in [0.3, 0.4) is 0 Å². The van der Waals surface area contributed by atoms with Gasteiger partial charge in [0.2, 0.25) is 4.96 Å². The van der Waals surface area contributed by atoms with Gasteiger partial charge in [0.05, 0.1) is 5.75 Å². The molecule has 2 aromatic heterocycles. The van der Waals surface area contributed by atoms with Crippen LogP contribution in [0, 0.1) is 0 Å². The fraction of sp³-hybridized carbons (Fsp3) is 0.150. The van der Waals surface area contributed by atoms with Crippen LogP contribution < -0.4 is 4.74 Å². The van der Waals surface area contributed by atoms with E-state index in [4.69, 9.17) is 9.84 Å². The van der Waals surface area contributed by atoms with Gasteiger partial charge in [0.25, 0.3) is 0 Å². The van der Waals surface area contributed by atoms with Crippen molar-refractivity contribution in [2.24, 2.45) is 0 Å². The van der Waals surface area contributed by atoms with Gasteiger partial charge < -0.3 is 4.74 Å². The molecule has 0 saturated carbocycles. The number of nitrogens with zero attached hydrogens (tertiary/aromatic N) is 4. The van der Waals surface area contributed by atoms with Crippen molar-refractivity contribution in [1.82, 2.24) is 19.8 Å². The number of benzene rings is 2. The maximum atomic E-state index is 5.52. The number of rotatable bonds is 8. The van der Waals surface area contributed by atoms with E-state index in [2.05, 4.69) is 41.0 Å². The third-order valence-corrected chi connectivity index (χ3v) is 5.81. The molecule has 2 aromatic carbocycles. The van der Waals surface area contributed by atoms with E-state index in [1.165, 1.54) is 16.9 Å². The summed E-state index contributed by atoms with van der Waals surface area (Å²) in [4.78, 5) is 0.812. The first-order valence-corrected chi connectivity index (χ1v) is 10.5. The van der Waals surface area contributed by atoms with E-state index >= 15 is 0 Å². The second kappa shape index (κ2) is 8.37. The first-order chi connectivity index (χ1) is 13.3. The Kier molecular flexibility index (Phi) is 5.50. The van der Waals surface area contributed by atoms with Gasteiger partial charge in [-0.3, -0.25) is 0 Å². The Morgan fingerprint density at radius 3 is 2.63 bits per heavy atom. The van der Waals surface area contributed by atoms with Crippen molar-refractivity contribution in [1.29, 1.82) is 0 Å². The number of aromatic nitrogens is 4. The summed E-state index contributed by atoms with van der Waals surface area (Å²) in [5, 5.41) is 14.2. The van der Waals surface area contributed by atoms with E-state index < -0.39 is 0 Å². The number of hydrogen-bond acceptors (Lipinski definition) is 6. The molecule has 7 heteroatoms. The highest BCUT2D eigenvalue weighted by atomic mass is 32.2. The lowest BCUT2D eigenvalue weighted by Gasteiger charge is -2.03. The fourth-order valence-electron chi connectivity index (χ4n) is 2.55. The molecule has 4 aromatic rings. The van der Waals surface area contributed by atoms with Crippen molar-refractivity contribution in [3.8, 4) is 16.3 Å². The summed E-state index contributed by atoms with van der Waals surface area (Å²) in [6.45, 7) is 4.16. The Morgan fingerprint density at radius 1 is 1.04 bits per heavy atom. The Hall–Kier alpha value is -2.64. The van der Waals surface area contributed by atoms with E-state index in [9.17, 15) is 0 Å². The minimum absolute atomic E-state index is 0.500. The topological polar surface area (TPSA) is 52.3 Å². The quantitative estimate of drug-likeness (QED) is 0.400. The highest BCUT2D eigenvalue weighted by Gasteiger charge is 2.13. The van der Waals surface area contributed by atoms with Crippen LogP contribution in [0.4, 0.5) is 0 Å². The standard InChI is InChI=1S/C20H18N4OS2/c1-2-12-25-17-10-8-16(9-11-17)19-23-24-18(21-22-20(24)27-19)14-26-13-15-6-4-3-5-7-15/h2-11H,1,12-14H2. The van der Waals surface area contributed by atoms with E-state index in [0.29, 0.717) is 6.61 Å². The molecule has 0 unspecified atom stereocenters. The normalized spacial score (nSPS) is 11.0. The molecular weight excluding hydrogens is 376 g/mol. The SMILES string of the molecule is C=CCOc1ccc(-c2nn3c(CSCc4ccccc4)nnc3s2)cc1. The predicted molar refractivity (Wildman–Crippen MR) is 111 cm³/mol. The molecule has 27 heavy (non-hydrogen) atoms. The molecule has 0 bridgehead atoms. The van der Waals surface area contributed by atoms with Crippen molar-refractivity contribution >= 4 is 28.1 Å². The molecule has 136 valence electrons. The van der Waals surface area contributed by atoms with Crippen LogP contribution in [0.15, 0.2) is 67.3 Å². The zero-order chi connectivity index (χ0) is 18.5. The largest absolute Gasteiger partial charge is 0.490 e. The van der Waals surface area contributed by atoms with Gasteiger partial charge in [-0.25, -0.2) is 0 Å². The number of thioether (sulfide) groups is 1. The molecule has 0 radical (unpaired) electrons. The molecule has 2 heterocycles. The van der Waals surface area contributed by atoms with Gasteiger partial charge in [0, 0.05) is 11.3 Å². The lowest BCUT2D eigenvalue weighted by Crippen LogP contribution is -1.95. The lowest BCUT2D eigenvalue weighted by molar-refractivity contribution is 0.363. The molecule has 0 atom stereocenters. The van der Waals surface area contributed by atoms with Crippen molar-refractivity contribution in [2.45, 2.75) is 11.5 Å². The van der Waals surface area contributed by atoms with Gasteiger partial charge in [0.15, 0.2) is 5.82 Å². The molecule has 0 N–H and O–H groups in total. The van der Waals surface area contributed by atoms with Crippen LogP contribution >= 0.6 is 23.1 Å². The minimum atomic E-state index is 0.500. The van der Waals surface area contributed by atoms with E-state index in [0.717, 1.165) is 38.6 Å². The molecule has 0 spiro atoms. The second-order valence-electron chi connectivity index (χ2n) is 5.82. The molecule has 0 aliphatic rings. The predicted octanol–water partition coefficient (Wildman–Crippen LogP) is 4.85. The second-order valence-corrected chi connectivity index (χ2v) is 7.76. The summed E-state index contributed by atoms with van der Waals surface area (Å²) in [6.07, 6.45) is 1.73. The molecule has 0 aliphatic heterocycles. The highest BCUT2D eigenvalue weighted by molar-refractivity contribution is 7.97. The lowest BCUT2D eigenvalue weighted by atomic mass is 10.2. The summed E-state index contributed by atoms with van der Waals surface area (Å²) >= 11 is 3.35. The molecule has 4 rings (SSSR count). The molecule has 0 fully saturated rings. The fourth-order valence-corrected chi connectivity index (χ4v) is 4.30. The van der Waals surface area contributed by atoms with Gasteiger partial charge in [0.1, 0.15) is 17.4 Å². The first-order valence-electron chi connectivity index (χ1n) is 8.50. The summed E-state index contributed by atoms with van der Waals surface area (Å²) in [5.74, 6) is 3.41. The van der Waals surface area contributed by atoms with Crippen LogP contribution in [-0.2, 0) is 11.5 Å². The van der Waals surface area contributed by atoms with Crippen LogP contribution in [0.2, 0.25) is 0 Å². The Bertz CT molecular complexity index is 1030. The van der Waals surface area contributed by atoms with Crippen molar-refractivity contribution in [3.05, 3.63) is 78.6 Å². The van der Waals surface area contributed by atoms with Crippen LogP contribution in [0.1, 0.15) is 11.4 Å². The van der Waals surface area contributed by atoms with E-state index in [1.54, 1.807) is 6.08 Å². The van der Waals surface area contributed by atoms with Gasteiger partial charge in [-0.2, -0.15) is 9.61 Å². The molecule has 5 nitrogen and oxygen atoms in total. The first kappa shape index (κ1) is 17.8. The van der Waals surface area contributed by atoms with Crippen molar-refractivity contribution in [2.75, 3.05) is 6.61 Å². The van der Waals surface area contributed by atoms with Crippen LogP contribution in [0.25, 0.3) is 15.5 Å². The molecule has 0 amide bonds. The Labute approximate surface area is 165 Å². The average Bonchev–Trinajstić information content (AvgIpc) is 3.29. The molecule has 0 aliphatic carbocycles. The van der Waals surface area contributed by atoms with Crippen LogP contribution in [-0.4, -0.2) is 26.4 Å². The minimum Gasteiger partial charge on any atom is -0.490 e. The summed E-state index contributed by atoms with van der Waals surface area (Å²) in [7, 11) is 0. The molecule has 0 saturated heterocycles. The van der Waals surface area contributed by atoms with Gasteiger partial charge in [-0.1, -0.05) is 54.3 Å². The number of fused-ring (bicyclic) bond motifs is 1. The zero-order valence-electron chi connectivity index (χ0n) is 14.6. The van der Waals surface area contributed by atoms with Crippen LogP contribution in [0.5, 0.6) is 5.75 Å².